The number of halogens is 2. The number of hydrogen-bond donors (Lipinski definition) is 0. The number of rotatable bonds is 4. The maximum absolute atomic E-state index is 12.5. The van der Waals surface area contributed by atoms with Crippen molar-refractivity contribution in [2.24, 2.45) is 0 Å². The normalized spacial score (nSPS) is 16.4. The Hall–Kier alpha value is -0.770. The lowest BCUT2D eigenvalue weighted by Gasteiger charge is -2.32. The van der Waals surface area contributed by atoms with Gasteiger partial charge in [0.15, 0.2) is 0 Å². The van der Waals surface area contributed by atoms with E-state index in [0.717, 1.165) is 37.1 Å². The number of amides is 1. The molecule has 0 atom stereocenters. The van der Waals surface area contributed by atoms with Crippen molar-refractivity contribution in [3.8, 4) is 0 Å². The SMILES string of the molecule is Cc1cc(Cl)ccc1C(=O)N1CCC(OCCCl)CC1. The van der Waals surface area contributed by atoms with E-state index in [2.05, 4.69) is 0 Å². The van der Waals surface area contributed by atoms with E-state index in [4.69, 9.17) is 27.9 Å². The summed E-state index contributed by atoms with van der Waals surface area (Å²) < 4.78 is 5.62. The van der Waals surface area contributed by atoms with Crippen LogP contribution in [0.25, 0.3) is 0 Å². The van der Waals surface area contributed by atoms with Gasteiger partial charge in [-0.05, 0) is 43.5 Å². The number of aryl methyl sites for hydroxylation is 1. The summed E-state index contributed by atoms with van der Waals surface area (Å²) in [7, 11) is 0. The monoisotopic (exact) mass is 315 g/mol. The Kier molecular flexibility index (Phi) is 5.70. The molecule has 5 heteroatoms. The molecule has 0 radical (unpaired) electrons. The van der Waals surface area contributed by atoms with Gasteiger partial charge in [-0.3, -0.25) is 4.79 Å². The lowest BCUT2D eigenvalue weighted by molar-refractivity contribution is 0.0154. The molecule has 1 aromatic carbocycles. The number of likely N-dealkylation sites (tertiary alicyclic amines) is 1. The van der Waals surface area contributed by atoms with Gasteiger partial charge in [0, 0.05) is 29.6 Å². The van der Waals surface area contributed by atoms with E-state index in [1.165, 1.54) is 0 Å². The van der Waals surface area contributed by atoms with Gasteiger partial charge in [-0.25, -0.2) is 0 Å². The highest BCUT2D eigenvalue weighted by atomic mass is 35.5. The third kappa shape index (κ3) is 3.87. The third-order valence-corrected chi connectivity index (χ3v) is 3.97. The zero-order chi connectivity index (χ0) is 14.5. The molecule has 1 aromatic rings. The molecule has 1 amide bonds. The quantitative estimate of drug-likeness (QED) is 0.796. The lowest BCUT2D eigenvalue weighted by Crippen LogP contribution is -2.41. The molecule has 3 nitrogen and oxygen atoms in total. The van der Waals surface area contributed by atoms with Gasteiger partial charge >= 0.3 is 0 Å². The first-order chi connectivity index (χ1) is 9.61. The van der Waals surface area contributed by atoms with Gasteiger partial charge in [0.1, 0.15) is 0 Å². The van der Waals surface area contributed by atoms with E-state index in [1.807, 2.05) is 17.9 Å². The van der Waals surface area contributed by atoms with Gasteiger partial charge in [-0.2, -0.15) is 0 Å². The molecule has 1 heterocycles. The van der Waals surface area contributed by atoms with Gasteiger partial charge in [0.25, 0.3) is 5.91 Å². The Balaban J connectivity index is 1.94. The molecule has 110 valence electrons. The van der Waals surface area contributed by atoms with Crippen molar-refractivity contribution in [3.63, 3.8) is 0 Å². The van der Waals surface area contributed by atoms with Crippen LogP contribution in [0.2, 0.25) is 5.02 Å². The Morgan fingerprint density at radius 2 is 2.10 bits per heavy atom. The van der Waals surface area contributed by atoms with Crippen molar-refractivity contribution >= 4 is 29.1 Å². The lowest BCUT2D eigenvalue weighted by atomic mass is 10.0. The minimum absolute atomic E-state index is 0.0787. The predicted octanol–water partition coefficient (Wildman–Crippen LogP) is 3.51. The molecule has 20 heavy (non-hydrogen) atoms. The second-order valence-electron chi connectivity index (χ2n) is 5.01. The van der Waals surface area contributed by atoms with Crippen LogP contribution in [-0.2, 0) is 4.74 Å². The summed E-state index contributed by atoms with van der Waals surface area (Å²) >= 11 is 11.5. The zero-order valence-corrected chi connectivity index (χ0v) is 13.1. The standard InChI is InChI=1S/C15H19Cl2NO2/c1-11-10-12(17)2-3-14(11)15(19)18-7-4-13(5-8-18)20-9-6-16/h2-3,10,13H,4-9H2,1H3. The molecule has 1 saturated heterocycles. The number of hydrogen-bond acceptors (Lipinski definition) is 2. The van der Waals surface area contributed by atoms with Crippen LogP contribution in [-0.4, -0.2) is 42.5 Å². The molecular weight excluding hydrogens is 297 g/mol. The van der Waals surface area contributed by atoms with E-state index >= 15 is 0 Å². The number of nitrogens with zero attached hydrogens (tertiary/aromatic N) is 1. The number of carbonyl (C=O) groups excluding carboxylic acids is 1. The summed E-state index contributed by atoms with van der Waals surface area (Å²) in [5, 5.41) is 0.659. The first kappa shape index (κ1) is 15.6. The van der Waals surface area contributed by atoms with Crippen molar-refractivity contribution in [2.45, 2.75) is 25.9 Å². The largest absolute Gasteiger partial charge is 0.377 e. The Morgan fingerprint density at radius 3 is 2.70 bits per heavy atom. The average Bonchev–Trinajstić information content (AvgIpc) is 2.45. The Labute approximate surface area is 129 Å². The van der Waals surface area contributed by atoms with Gasteiger partial charge in [0.05, 0.1) is 12.7 Å². The van der Waals surface area contributed by atoms with E-state index < -0.39 is 0 Å². The highest BCUT2D eigenvalue weighted by molar-refractivity contribution is 6.30. The van der Waals surface area contributed by atoms with Crippen LogP contribution >= 0.6 is 23.2 Å². The summed E-state index contributed by atoms with van der Waals surface area (Å²) in [5.41, 5.74) is 1.65. The molecule has 0 spiro atoms. The number of piperidine rings is 1. The van der Waals surface area contributed by atoms with Crippen LogP contribution < -0.4 is 0 Å². The molecule has 1 fully saturated rings. The molecule has 0 saturated carbocycles. The van der Waals surface area contributed by atoms with E-state index in [-0.39, 0.29) is 12.0 Å². The maximum Gasteiger partial charge on any atom is 0.254 e. The fourth-order valence-corrected chi connectivity index (χ4v) is 2.79. The molecule has 0 N–H and O–H groups in total. The average molecular weight is 316 g/mol. The summed E-state index contributed by atoms with van der Waals surface area (Å²) in [6, 6.07) is 5.39. The number of benzene rings is 1. The highest BCUT2D eigenvalue weighted by Gasteiger charge is 2.24. The van der Waals surface area contributed by atoms with Crippen LogP contribution in [0.1, 0.15) is 28.8 Å². The van der Waals surface area contributed by atoms with Crippen molar-refractivity contribution in [1.82, 2.24) is 4.90 Å². The smallest absolute Gasteiger partial charge is 0.254 e. The highest BCUT2D eigenvalue weighted by Crippen LogP contribution is 2.20. The van der Waals surface area contributed by atoms with Crippen LogP contribution in [0.5, 0.6) is 0 Å². The van der Waals surface area contributed by atoms with Crippen molar-refractivity contribution in [3.05, 3.63) is 34.3 Å². The van der Waals surface area contributed by atoms with E-state index in [9.17, 15) is 4.79 Å². The van der Waals surface area contributed by atoms with Crippen molar-refractivity contribution < 1.29 is 9.53 Å². The summed E-state index contributed by atoms with van der Waals surface area (Å²) in [6.45, 7) is 3.95. The second kappa shape index (κ2) is 7.30. The van der Waals surface area contributed by atoms with Gasteiger partial charge in [-0.15, -0.1) is 11.6 Å². The number of carbonyl (C=O) groups is 1. The number of alkyl halides is 1. The fraction of sp³-hybridized carbons (Fsp3) is 0.533. The third-order valence-electron chi connectivity index (χ3n) is 3.58. The van der Waals surface area contributed by atoms with Crippen LogP contribution in [0.3, 0.4) is 0 Å². The van der Waals surface area contributed by atoms with Gasteiger partial charge in [0.2, 0.25) is 0 Å². The van der Waals surface area contributed by atoms with Gasteiger partial charge in [-0.1, -0.05) is 11.6 Å². The minimum Gasteiger partial charge on any atom is -0.377 e. The molecule has 2 rings (SSSR count). The van der Waals surface area contributed by atoms with Crippen LogP contribution in [0.4, 0.5) is 0 Å². The fourth-order valence-electron chi connectivity index (χ4n) is 2.47. The molecule has 1 aliphatic heterocycles. The summed E-state index contributed by atoms with van der Waals surface area (Å²) in [4.78, 5) is 14.4. The van der Waals surface area contributed by atoms with Crippen molar-refractivity contribution in [1.29, 1.82) is 0 Å². The van der Waals surface area contributed by atoms with Crippen molar-refractivity contribution in [2.75, 3.05) is 25.6 Å². The summed E-state index contributed by atoms with van der Waals surface area (Å²) in [6.07, 6.45) is 1.97. The predicted molar refractivity (Wildman–Crippen MR) is 81.8 cm³/mol. The molecule has 0 unspecified atom stereocenters. The number of ether oxygens (including phenoxy) is 1. The summed E-state index contributed by atoms with van der Waals surface area (Å²) in [5.74, 6) is 0.596. The molecular formula is C15H19Cl2NO2. The molecule has 0 bridgehead atoms. The molecule has 0 aliphatic carbocycles. The Morgan fingerprint density at radius 1 is 1.40 bits per heavy atom. The van der Waals surface area contributed by atoms with E-state index in [1.54, 1.807) is 12.1 Å². The first-order valence-corrected chi connectivity index (χ1v) is 7.76. The topological polar surface area (TPSA) is 29.5 Å². The van der Waals surface area contributed by atoms with Crippen LogP contribution in [0.15, 0.2) is 18.2 Å². The molecule has 1 aliphatic rings. The first-order valence-electron chi connectivity index (χ1n) is 6.85. The second-order valence-corrected chi connectivity index (χ2v) is 5.82. The van der Waals surface area contributed by atoms with Crippen LogP contribution in [0, 0.1) is 6.92 Å². The minimum atomic E-state index is 0.0787. The molecule has 0 aromatic heterocycles. The Bertz CT molecular complexity index is 471. The van der Waals surface area contributed by atoms with E-state index in [0.29, 0.717) is 17.5 Å². The maximum atomic E-state index is 12.5. The van der Waals surface area contributed by atoms with Gasteiger partial charge < -0.3 is 9.64 Å². The zero-order valence-electron chi connectivity index (χ0n) is 11.6.